The molecule has 0 aliphatic rings. The molecule has 0 aliphatic heterocycles. The summed E-state index contributed by atoms with van der Waals surface area (Å²) in [5, 5.41) is 3.01. The molecule has 0 spiro atoms. The van der Waals surface area contributed by atoms with Crippen molar-refractivity contribution in [2.45, 2.75) is 19.2 Å². The van der Waals surface area contributed by atoms with Crippen LogP contribution in [0.4, 0.5) is 17.6 Å². The van der Waals surface area contributed by atoms with Gasteiger partial charge in [-0.2, -0.15) is 13.2 Å². The summed E-state index contributed by atoms with van der Waals surface area (Å²) in [6, 6.07) is 2.57. The van der Waals surface area contributed by atoms with Gasteiger partial charge >= 0.3 is 6.18 Å². The molecule has 1 N–H and O–H groups in total. The van der Waals surface area contributed by atoms with E-state index >= 15 is 0 Å². The number of hydrogen-bond acceptors (Lipinski definition) is 3. The molecule has 1 rings (SSSR count). The van der Waals surface area contributed by atoms with Crippen molar-refractivity contribution in [3.05, 3.63) is 29.6 Å². The van der Waals surface area contributed by atoms with E-state index in [1.807, 2.05) is 6.92 Å². The van der Waals surface area contributed by atoms with E-state index in [1.54, 1.807) is 0 Å². The molecule has 0 amide bonds. The molecule has 0 aliphatic carbocycles. The fraction of sp³-hybridized carbons (Fsp3) is 0.538. The van der Waals surface area contributed by atoms with E-state index < -0.39 is 23.7 Å². The van der Waals surface area contributed by atoms with E-state index in [2.05, 4.69) is 5.32 Å². The minimum Gasteiger partial charge on any atom is -0.487 e. The Kier molecular flexibility index (Phi) is 6.22. The second kappa shape index (κ2) is 7.44. The second-order valence-electron chi connectivity index (χ2n) is 4.14. The number of nitrogens with one attached hydrogen (secondary N) is 1. The van der Waals surface area contributed by atoms with E-state index in [-0.39, 0.29) is 12.4 Å². The van der Waals surface area contributed by atoms with Gasteiger partial charge in [0.2, 0.25) is 0 Å². The smallest absolute Gasteiger partial charge is 0.419 e. The van der Waals surface area contributed by atoms with Crippen LogP contribution in [-0.2, 0) is 10.9 Å². The molecule has 7 heteroatoms. The van der Waals surface area contributed by atoms with Gasteiger partial charge in [0.15, 0.2) is 0 Å². The van der Waals surface area contributed by atoms with Crippen LogP contribution in [0.1, 0.15) is 12.5 Å². The number of alkyl halides is 3. The van der Waals surface area contributed by atoms with Gasteiger partial charge in [-0.05, 0) is 24.7 Å². The topological polar surface area (TPSA) is 30.5 Å². The van der Waals surface area contributed by atoms with Gasteiger partial charge in [-0.15, -0.1) is 0 Å². The van der Waals surface area contributed by atoms with E-state index in [1.165, 1.54) is 13.2 Å². The Labute approximate surface area is 114 Å². The highest BCUT2D eigenvalue weighted by Crippen LogP contribution is 2.33. The lowest BCUT2D eigenvalue weighted by Crippen LogP contribution is -2.34. The first kappa shape index (κ1) is 16.7. The summed E-state index contributed by atoms with van der Waals surface area (Å²) in [6.07, 6.45) is -5.20. The molecule has 0 fully saturated rings. The quantitative estimate of drug-likeness (QED) is 0.785. The molecule has 1 atom stereocenters. The number of methoxy groups -OCH3 is 1. The average Bonchev–Trinajstić information content (AvgIpc) is 2.37. The molecule has 1 aromatic rings. The molecule has 0 aromatic heterocycles. The highest BCUT2D eigenvalue weighted by atomic mass is 19.4. The van der Waals surface area contributed by atoms with Crippen LogP contribution < -0.4 is 10.1 Å². The zero-order valence-electron chi connectivity index (χ0n) is 11.3. The van der Waals surface area contributed by atoms with Crippen LogP contribution in [0.3, 0.4) is 0 Å². The van der Waals surface area contributed by atoms with Crippen molar-refractivity contribution in [1.82, 2.24) is 5.32 Å². The van der Waals surface area contributed by atoms with Gasteiger partial charge in [-0.25, -0.2) is 4.39 Å². The highest BCUT2D eigenvalue weighted by molar-refractivity contribution is 5.31. The number of benzene rings is 1. The van der Waals surface area contributed by atoms with Gasteiger partial charge in [-0.3, -0.25) is 0 Å². The summed E-state index contributed by atoms with van der Waals surface area (Å²) in [7, 11) is 1.47. The third-order valence-corrected chi connectivity index (χ3v) is 2.52. The largest absolute Gasteiger partial charge is 0.487 e. The maximum Gasteiger partial charge on any atom is 0.419 e. The number of ether oxygens (including phenoxy) is 2. The molecule has 1 aromatic carbocycles. The van der Waals surface area contributed by atoms with Crippen molar-refractivity contribution in [3.63, 3.8) is 0 Å². The van der Waals surface area contributed by atoms with E-state index in [0.29, 0.717) is 19.2 Å². The Morgan fingerprint density at radius 3 is 2.55 bits per heavy atom. The number of halogens is 4. The summed E-state index contributed by atoms with van der Waals surface area (Å²) >= 11 is 0. The summed E-state index contributed by atoms with van der Waals surface area (Å²) < 4.78 is 61.2. The predicted molar refractivity (Wildman–Crippen MR) is 66.2 cm³/mol. The molecular weight excluding hydrogens is 278 g/mol. The summed E-state index contributed by atoms with van der Waals surface area (Å²) in [4.78, 5) is 0. The molecule has 1 unspecified atom stereocenters. The van der Waals surface area contributed by atoms with Gasteiger partial charge in [-0.1, -0.05) is 6.92 Å². The Morgan fingerprint density at radius 2 is 2.00 bits per heavy atom. The molecular formula is C13H17F4NO2. The zero-order chi connectivity index (χ0) is 15.2. The van der Waals surface area contributed by atoms with E-state index in [9.17, 15) is 17.6 Å². The molecule has 0 radical (unpaired) electrons. The maximum atomic E-state index is 13.1. The molecule has 0 saturated carbocycles. The summed E-state index contributed by atoms with van der Waals surface area (Å²) in [5.74, 6) is -1.36. The SMILES string of the molecule is CCNCC(COC)Oc1ccc(F)c(C(F)(F)F)c1. The molecule has 0 saturated heterocycles. The number of rotatable bonds is 7. The molecule has 3 nitrogen and oxygen atoms in total. The van der Waals surface area contributed by atoms with Crippen LogP contribution in [-0.4, -0.2) is 32.9 Å². The highest BCUT2D eigenvalue weighted by Gasteiger charge is 2.34. The van der Waals surface area contributed by atoms with Gasteiger partial charge < -0.3 is 14.8 Å². The number of likely N-dealkylation sites (N-methyl/N-ethyl adjacent to an activating group) is 1. The average molecular weight is 295 g/mol. The zero-order valence-corrected chi connectivity index (χ0v) is 11.3. The Balaban J connectivity index is 2.85. The van der Waals surface area contributed by atoms with Gasteiger partial charge in [0.25, 0.3) is 0 Å². The minimum atomic E-state index is -4.75. The lowest BCUT2D eigenvalue weighted by molar-refractivity contribution is -0.140. The van der Waals surface area contributed by atoms with Crippen LogP contribution in [0.25, 0.3) is 0 Å². The fourth-order valence-corrected chi connectivity index (χ4v) is 1.61. The Morgan fingerprint density at radius 1 is 1.30 bits per heavy atom. The molecule has 20 heavy (non-hydrogen) atoms. The van der Waals surface area contributed by atoms with Crippen molar-refractivity contribution >= 4 is 0 Å². The second-order valence-corrected chi connectivity index (χ2v) is 4.14. The van der Waals surface area contributed by atoms with Gasteiger partial charge in [0.1, 0.15) is 17.7 Å². The fourth-order valence-electron chi connectivity index (χ4n) is 1.61. The van der Waals surface area contributed by atoms with Crippen molar-refractivity contribution in [1.29, 1.82) is 0 Å². The van der Waals surface area contributed by atoms with E-state index in [0.717, 1.165) is 6.07 Å². The van der Waals surface area contributed by atoms with Crippen LogP contribution in [0.5, 0.6) is 5.75 Å². The minimum absolute atomic E-state index is 0.0429. The third kappa shape index (κ3) is 4.97. The van der Waals surface area contributed by atoms with Gasteiger partial charge in [0, 0.05) is 13.7 Å². The normalized spacial score (nSPS) is 13.3. The summed E-state index contributed by atoms with van der Waals surface area (Å²) in [5.41, 5.74) is -1.34. The molecule has 114 valence electrons. The lowest BCUT2D eigenvalue weighted by Gasteiger charge is -2.19. The van der Waals surface area contributed by atoms with Crippen molar-refractivity contribution in [2.24, 2.45) is 0 Å². The number of hydrogen-bond donors (Lipinski definition) is 1. The van der Waals surface area contributed by atoms with Crippen molar-refractivity contribution in [3.8, 4) is 5.75 Å². The van der Waals surface area contributed by atoms with Crippen molar-refractivity contribution in [2.75, 3.05) is 26.8 Å². The van der Waals surface area contributed by atoms with Crippen LogP contribution in [0.2, 0.25) is 0 Å². The van der Waals surface area contributed by atoms with Crippen LogP contribution in [0.15, 0.2) is 18.2 Å². The molecule has 0 bridgehead atoms. The third-order valence-electron chi connectivity index (χ3n) is 2.52. The Bertz CT molecular complexity index is 423. The Hall–Kier alpha value is -1.34. The molecule has 0 heterocycles. The first-order valence-corrected chi connectivity index (χ1v) is 6.11. The lowest BCUT2D eigenvalue weighted by atomic mass is 10.2. The standard InChI is InChI=1S/C13H17F4NO2/c1-3-18-7-10(8-19-2)20-9-4-5-12(14)11(6-9)13(15,16)17/h4-6,10,18H,3,7-8H2,1-2H3. The maximum absolute atomic E-state index is 13.1. The van der Waals surface area contributed by atoms with Gasteiger partial charge in [0.05, 0.1) is 12.2 Å². The van der Waals surface area contributed by atoms with Crippen LogP contribution in [0, 0.1) is 5.82 Å². The summed E-state index contributed by atoms with van der Waals surface area (Å²) in [6.45, 7) is 3.22. The van der Waals surface area contributed by atoms with Crippen molar-refractivity contribution < 1.29 is 27.0 Å². The monoisotopic (exact) mass is 295 g/mol. The van der Waals surface area contributed by atoms with Crippen LogP contribution >= 0.6 is 0 Å². The predicted octanol–water partition coefficient (Wildman–Crippen LogP) is 2.85. The first-order valence-electron chi connectivity index (χ1n) is 6.11. The first-order chi connectivity index (χ1) is 9.38. The van der Waals surface area contributed by atoms with E-state index in [4.69, 9.17) is 9.47 Å².